The fourth-order valence-electron chi connectivity index (χ4n) is 2.76. The zero-order chi connectivity index (χ0) is 9.73. The zero-order valence-corrected chi connectivity index (χ0v) is 9.31. The number of nitrogens with two attached hydrogens (primary N) is 1. The molecule has 2 N–H and O–H groups in total. The Morgan fingerprint density at radius 2 is 1.69 bits per heavy atom. The molecule has 0 atom stereocenters. The Morgan fingerprint density at radius 1 is 1.15 bits per heavy atom. The first-order chi connectivity index (χ1) is 6.29. The quantitative estimate of drug-likeness (QED) is 0.643. The molecule has 0 radical (unpaired) electrons. The molecule has 0 aromatic heterocycles. The van der Waals surface area contributed by atoms with Crippen molar-refractivity contribution in [2.24, 2.45) is 17.1 Å². The van der Waals surface area contributed by atoms with Crippen molar-refractivity contribution < 1.29 is 0 Å². The maximum Gasteiger partial charge on any atom is -0.00719 e. The number of rotatable bonds is 7. The maximum absolute atomic E-state index is 5.68. The van der Waals surface area contributed by atoms with Crippen LogP contribution in [0.5, 0.6) is 0 Å². The highest BCUT2D eigenvalue weighted by molar-refractivity contribution is 4.98. The Hall–Kier alpha value is -0.0400. The Labute approximate surface area is 83.1 Å². The van der Waals surface area contributed by atoms with Gasteiger partial charge in [-0.1, -0.05) is 39.5 Å². The van der Waals surface area contributed by atoms with Crippen molar-refractivity contribution in [3.8, 4) is 0 Å². The van der Waals surface area contributed by atoms with E-state index in [9.17, 15) is 0 Å². The van der Waals surface area contributed by atoms with Gasteiger partial charge in [-0.25, -0.2) is 0 Å². The van der Waals surface area contributed by atoms with Gasteiger partial charge in [0.25, 0.3) is 0 Å². The molecule has 0 bridgehead atoms. The molecular formula is C12H25N. The van der Waals surface area contributed by atoms with E-state index in [4.69, 9.17) is 5.73 Å². The molecule has 0 aromatic rings. The van der Waals surface area contributed by atoms with E-state index >= 15 is 0 Å². The third kappa shape index (κ3) is 2.70. The van der Waals surface area contributed by atoms with Gasteiger partial charge < -0.3 is 5.73 Å². The van der Waals surface area contributed by atoms with E-state index in [1.54, 1.807) is 0 Å². The first-order valence-electron chi connectivity index (χ1n) is 5.99. The largest absolute Gasteiger partial charge is 0.330 e. The molecule has 0 aliphatic heterocycles. The first kappa shape index (κ1) is 11.0. The standard InChI is InChI=1S/C12H25N/c1-3-5-11(6-4-2)12(7-8-12)9-10-13/h11H,3-10,13H2,1-2H3. The number of hydrogen-bond donors (Lipinski definition) is 1. The van der Waals surface area contributed by atoms with Crippen molar-refractivity contribution in [3.05, 3.63) is 0 Å². The van der Waals surface area contributed by atoms with E-state index in [0.717, 1.165) is 12.5 Å². The van der Waals surface area contributed by atoms with E-state index in [0.29, 0.717) is 5.41 Å². The van der Waals surface area contributed by atoms with Crippen molar-refractivity contribution >= 4 is 0 Å². The lowest BCUT2D eigenvalue weighted by Crippen LogP contribution is -2.19. The molecule has 0 amide bonds. The summed E-state index contributed by atoms with van der Waals surface area (Å²) in [5.41, 5.74) is 6.38. The Morgan fingerprint density at radius 3 is 2.00 bits per heavy atom. The molecule has 0 unspecified atom stereocenters. The lowest BCUT2D eigenvalue weighted by molar-refractivity contribution is 0.253. The third-order valence-electron chi connectivity index (χ3n) is 3.67. The summed E-state index contributed by atoms with van der Waals surface area (Å²) in [4.78, 5) is 0. The molecule has 1 aliphatic carbocycles. The Bertz CT molecular complexity index is 132. The molecule has 1 rings (SSSR count). The molecule has 1 saturated carbocycles. The zero-order valence-electron chi connectivity index (χ0n) is 9.31. The minimum atomic E-state index is 0.695. The lowest BCUT2D eigenvalue weighted by atomic mass is 9.80. The molecule has 0 heterocycles. The van der Waals surface area contributed by atoms with Crippen LogP contribution in [-0.4, -0.2) is 6.54 Å². The van der Waals surface area contributed by atoms with Gasteiger partial charge in [0.1, 0.15) is 0 Å². The van der Waals surface area contributed by atoms with Gasteiger partial charge in [-0.15, -0.1) is 0 Å². The average molecular weight is 183 g/mol. The molecule has 78 valence electrons. The van der Waals surface area contributed by atoms with E-state index in [-0.39, 0.29) is 0 Å². The van der Waals surface area contributed by atoms with Crippen LogP contribution >= 0.6 is 0 Å². The van der Waals surface area contributed by atoms with Crippen LogP contribution in [0.15, 0.2) is 0 Å². The summed E-state index contributed by atoms with van der Waals surface area (Å²) in [6.07, 6.45) is 9.72. The monoisotopic (exact) mass is 183 g/mol. The van der Waals surface area contributed by atoms with Crippen LogP contribution in [0.25, 0.3) is 0 Å². The van der Waals surface area contributed by atoms with Gasteiger partial charge in [-0.05, 0) is 37.1 Å². The van der Waals surface area contributed by atoms with E-state index in [2.05, 4.69) is 13.8 Å². The van der Waals surface area contributed by atoms with Crippen molar-refractivity contribution in [1.29, 1.82) is 0 Å². The molecular weight excluding hydrogens is 158 g/mol. The van der Waals surface area contributed by atoms with Gasteiger partial charge >= 0.3 is 0 Å². The second-order valence-corrected chi connectivity index (χ2v) is 4.68. The Kier molecular flexibility index (Phi) is 4.24. The molecule has 0 spiro atoms. The highest BCUT2D eigenvalue weighted by Crippen LogP contribution is 2.57. The SMILES string of the molecule is CCCC(CCC)C1(CCN)CC1. The topological polar surface area (TPSA) is 26.0 Å². The highest BCUT2D eigenvalue weighted by atomic mass is 14.6. The van der Waals surface area contributed by atoms with Gasteiger partial charge in [0.15, 0.2) is 0 Å². The van der Waals surface area contributed by atoms with Gasteiger partial charge in [-0.3, -0.25) is 0 Å². The second kappa shape index (κ2) is 4.99. The highest BCUT2D eigenvalue weighted by Gasteiger charge is 2.46. The summed E-state index contributed by atoms with van der Waals surface area (Å²) in [7, 11) is 0. The normalized spacial score (nSPS) is 19.4. The van der Waals surface area contributed by atoms with Crippen LogP contribution < -0.4 is 5.73 Å². The summed E-state index contributed by atoms with van der Waals surface area (Å²) in [6.45, 7) is 5.51. The smallest absolute Gasteiger partial charge is 0.00719 e. The number of hydrogen-bond acceptors (Lipinski definition) is 1. The van der Waals surface area contributed by atoms with Crippen molar-refractivity contribution in [3.63, 3.8) is 0 Å². The molecule has 1 nitrogen and oxygen atoms in total. The molecule has 0 aromatic carbocycles. The molecule has 1 aliphatic rings. The summed E-state index contributed by atoms with van der Waals surface area (Å²) in [5, 5.41) is 0. The minimum Gasteiger partial charge on any atom is -0.330 e. The van der Waals surface area contributed by atoms with E-state index in [1.165, 1.54) is 44.9 Å². The summed E-state index contributed by atoms with van der Waals surface area (Å²) >= 11 is 0. The van der Waals surface area contributed by atoms with Crippen LogP contribution in [0.1, 0.15) is 58.8 Å². The molecule has 1 fully saturated rings. The van der Waals surface area contributed by atoms with Crippen molar-refractivity contribution in [2.45, 2.75) is 58.8 Å². The first-order valence-corrected chi connectivity index (χ1v) is 5.99. The van der Waals surface area contributed by atoms with Gasteiger partial charge in [0, 0.05) is 0 Å². The van der Waals surface area contributed by atoms with Crippen LogP contribution in [0.3, 0.4) is 0 Å². The van der Waals surface area contributed by atoms with E-state index in [1.807, 2.05) is 0 Å². The van der Waals surface area contributed by atoms with Crippen molar-refractivity contribution in [1.82, 2.24) is 0 Å². The van der Waals surface area contributed by atoms with E-state index < -0.39 is 0 Å². The van der Waals surface area contributed by atoms with Gasteiger partial charge in [0.2, 0.25) is 0 Å². The summed E-state index contributed by atoms with van der Waals surface area (Å²) in [5.74, 6) is 0.978. The van der Waals surface area contributed by atoms with Crippen LogP contribution in [0.2, 0.25) is 0 Å². The maximum atomic E-state index is 5.68. The van der Waals surface area contributed by atoms with Crippen LogP contribution in [-0.2, 0) is 0 Å². The summed E-state index contributed by atoms with van der Waals surface area (Å²) in [6, 6.07) is 0. The minimum absolute atomic E-state index is 0.695. The predicted molar refractivity (Wildman–Crippen MR) is 58.6 cm³/mol. The van der Waals surface area contributed by atoms with Crippen molar-refractivity contribution in [2.75, 3.05) is 6.54 Å². The fourth-order valence-corrected chi connectivity index (χ4v) is 2.76. The molecule has 0 saturated heterocycles. The lowest BCUT2D eigenvalue weighted by Gasteiger charge is -2.26. The molecule has 13 heavy (non-hydrogen) atoms. The van der Waals surface area contributed by atoms with Crippen LogP contribution in [0.4, 0.5) is 0 Å². The third-order valence-corrected chi connectivity index (χ3v) is 3.67. The van der Waals surface area contributed by atoms with Gasteiger partial charge in [-0.2, -0.15) is 0 Å². The Balaban J connectivity index is 2.42. The molecule has 1 heteroatoms. The summed E-state index contributed by atoms with van der Waals surface area (Å²) < 4.78 is 0. The predicted octanol–water partition coefficient (Wildman–Crippen LogP) is 3.33. The second-order valence-electron chi connectivity index (χ2n) is 4.68. The van der Waals surface area contributed by atoms with Crippen LogP contribution in [0, 0.1) is 11.3 Å². The average Bonchev–Trinajstić information content (AvgIpc) is 2.86. The fraction of sp³-hybridized carbons (Fsp3) is 1.00. The van der Waals surface area contributed by atoms with Gasteiger partial charge in [0.05, 0.1) is 0 Å².